The van der Waals surface area contributed by atoms with E-state index in [-0.39, 0.29) is 16.3 Å². The number of rotatable bonds is 4. The summed E-state index contributed by atoms with van der Waals surface area (Å²) >= 11 is 5.90. The van der Waals surface area contributed by atoms with Crippen molar-refractivity contribution < 1.29 is 14.1 Å². The van der Waals surface area contributed by atoms with Gasteiger partial charge in [-0.15, -0.1) is 0 Å². The van der Waals surface area contributed by atoms with Gasteiger partial charge in [0.15, 0.2) is 0 Å². The van der Waals surface area contributed by atoms with Gasteiger partial charge < -0.3 is 0 Å². The maximum absolute atomic E-state index is 13.0. The standard InChI is InChI=1S/C15H11ClFN3O3/c1-9(13-6-5-11(17)8-14(13)16)18-19-15(21)10-3-2-4-12(7-10)20(22)23/h2-8H,1H3,(H,19,21)/b18-9-. The second-order valence-electron chi connectivity index (χ2n) is 4.57. The maximum atomic E-state index is 13.0. The second-order valence-corrected chi connectivity index (χ2v) is 4.98. The van der Waals surface area contributed by atoms with Crippen molar-refractivity contribution in [1.82, 2.24) is 5.43 Å². The molecule has 0 radical (unpaired) electrons. The number of benzene rings is 2. The van der Waals surface area contributed by atoms with E-state index in [4.69, 9.17) is 11.6 Å². The van der Waals surface area contributed by atoms with Gasteiger partial charge in [-0.1, -0.05) is 17.7 Å². The summed E-state index contributed by atoms with van der Waals surface area (Å²) in [6.07, 6.45) is 0. The van der Waals surface area contributed by atoms with Crippen molar-refractivity contribution in [1.29, 1.82) is 0 Å². The van der Waals surface area contributed by atoms with Crippen LogP contribution in [-0.2, 0) is 0 Å². The Morgan fingerprint density at radius 2 is 2.04 bits per heavy atom. The average Bonchev–Trinajstić information content (AvgIpc) is 2.52. The highest BCUT2D eigenvalue weighted by Crippen LogP contribution is 2.18. The van der Waals surface area contributed by atoms with E-state index in [2.05, 4.69) is 10.5 Å². The van der Waals surface area contributed by atoms with E-state index < -0.39 is 16.6 Å². The number of nitrogens with zero attached hydrogens (tertiary/aromatic N) is 2. The molecule has 0 heterocycles. The molecule has 2 rings (SSSR count). The maximum Gasteiger partial charge on any atom is 0.271 e. The van der Waals surface area contributed by atoms with Gasteiger partial charge in [0, 0.05) is 23.3 Å². The minimum Gasteiger partial charge on any atom is -0.267 e. The van der Waals surface area contributed by atoms with Crippen molar-refractivity contribution in [2.75, 3.05) is 0 Å². The van der Waals surface area contributed by atoms with Crippen LogP contribution < -0.4 is 5.43 Å². The van der Waals surface area contributed by atoms with Gasteiger partial charge in [-0.05, 0) is 31.2 Å². The van der Waals surface area contributed by atoms with Crippen molar-refractivity contribution in [2.24, 2.45) is 5.10 Å². The first kappa shape index (κ1) is 16.6. The molecule has 0 unspecified atom stereocenters. The summed E-state index contributed by atoms with van der Waals surface area (Å²) in [6, 6.07) is 9.06. The molecule has 0 bridgehead atoms. The summed E-state index contributed by atoms with van der Waals surface area (Å²) in [5.41, 5.74) is 3.02. The van der Waals surface area contributed by atoms with Crippen LogP contribution in [0.2, 0.25) is 5.02 Å². The SMILES string of the molecule is C/C(=N/NC(=O)c1cccc([N+](=O)[O-])c1)c1ccc(F)cc1Cl. The van der Waals surface area contributed by atoms with Crippen LogP contribution in [0.1, 0.15) is 22.8 Å². The first-order chi connectivity index (χ1) is 10.9. The lowest BCUT2D eigenvalue weighted by Crippen LogP contribution is -2.19. The molecule has 6 nitrogen and oxygen atoms in total. The normalized spacial score (nSPS) is 11.2. The van der Waals surface area contributed by atoms with Gasteiger partial charge in [0.25, 0.3) is 11.6 Å². The van der Waals surface area contributed by atoms with Crippen LogP contribution in [0.15, 0.2) is 47.6 Å². The molecule has 2 aromatic rings. The van der Waals surface area contributed by atoms with E-state index in [0.717, 1.165) is 12.1 Å². The molecular formula is C15H11ClFN3O3. The highest BCUT2D eigenvalue weighted by molar-refractivity contribution is 6.34. The third kappa shape index (κ3) is 4.10. The van der Waals surface area contributed by atoms with Gasteiger partial charge in [-0.2, -0.15) is 5.10 Å². The van der Waals surface area contributed by atoms with Gasteiger partial charge in [0.1, 0.15) is 5.82 Å². The van der Waals surface area contributed by atoms with E-state index in [9.17, 15) is 19.3 Å². The lowest BCUT2D eigenvalue weighted by atomic mass is 10.1. The zero-order valence-corrected chi connectivity index (χ0v) is 12.7. The predicted molar refractivity (Wildman–Crippen MR) is 84.2 cm³/mol. The molecule has 0 aromatic heterocycles. The van der Waals surface area contributed by atoms with Crippen molar-refractivity contribution in [3.05, 3.63) is 74.5 Å². The van der Waals surface area contributed by atoms with Crippen molar-refractivity contribution >= 4 is 28.9 Å². The van der Waals surface area contributed by atoms with E-state index in [1.807, 2.05) is 0 Å². The van der Waals surface area contributed by atoms with E-state index in [0.29, 0.717) is 11.3 Å². The molecule has 2 aromatic carbocycles. The van der Waals surface area contributed by atoms with Gasteiger partial charge in [-0.3, -0.25) is 14.9 Å². The Labute approximate surface area is 135 Å². The number of hydrazone groups is 1. The summed E-state index contributed by atoms with van der Waals surface area (Å²) in [7, 11) is 0. The van der Waals surface area contributed by atoms with Crippen molar-refractivity contribution in [2.45, 2.75) is 6.92 Å². The monoisotopic (exact) mass is 335 g/mol. The molecule has 0 atom stereocenters. The molecule has 23 heavy (non-hydrogen) atoms. The largest absolute Gasteiger partial charge is 0.271 e. The van der Waals surface area contributed by atoms with Crippen LogP contribution in [0, 0.1) is 15.9 Å². The fourth-order valence-electron chi connectivity index (χ4n) is 1.80. The fraction of sp³-hybridized carbons (Fsp3) is 0.0667. The summed E-state index contributed by atoms with van der Waals surface area (Å²) < 4.78 is 13.0. The van der Waals surface area contributed by atoms with Gasteiger partial charge in [0.05, 0.1) is 15.7 Å². The van der Waals surface area contributed by atoms with E-state index >= 15 is 0 Å². The zero-order chi connectivity index (χ0) is 17.0. The summed E-state index contributed by atoms with van der Waals surface area (Å²) in [5.74, 6) is -1.08. The number of non-ortho nitro benzene ring substituents is 1. The quantitative estimate of drug-likeness (QED) is 0.527. The fourth-order valence-corrected chi connectivity index (χ4v) is 2.11. The molecule has 1 amide bonds. The summed E-state index contributed by atoms with van der Waals surface area (Å²) in [4.78, 5) is 22.1. The summed E-state index contributed by atoms with van der Waals surface area (Å²) in [6.45, 7) is 1.59. The number of halogens is 2. The van der Waals surface area contributed by atoms with Crippen LogP contribution in [0.3, 0.4) is 0 Å². The lowest BCUT2D eigenvalue weighted by molar-refractivity contribution is -0.384. The zero-order valence-electron chi connectivity index (χ0n) is 11.9. The minimum atomic E-state index is -0.605. The number of amides is 1. The second kappa shape index (κ2) is 6.97. The molecule has 0 aliphatic carbocycles. The lowest BCUT2D eigenvalue weighted by Gasteiger charge is -2.05. The van der Waals surface area contributed by atoms with Crippen LogP contribution in [0.25, 0.3) is 0 Å². The van der Waals surface area contributed by atoms with Gasteiger partial charge in [-0.25, -0.2) is 9.82 Å². The molecule has 0 spiro atoms. The number of nitro benzene ring substituents is 1. The third-order valence-corrected chi connectivity index (χ3v) is 3.28. The van der Waals surface area contributed by atoms with Crippen molar-refractivity contribution in [3.63, 3.8) is 0 Å². The molecule has 8 heteroatoms. The topological polar surface area (TPSA) is 84.6 Å². The molecule has 0 saturated carbocycles. The Morgan fingerprint density at radius 3 is 2.70 bits per heavy atom. The number of nitro groups is 1. The summed E-state index contributed by atoms with van der Waals surface area (Å²) in [5, 5.41) is 14.7. The predicted octanol–water partition coefficient (Wildman–Crippen LogP) is 3.54. The molecular weight excluding hydrogens is 325 g/mol. The third-order valence-electron chi connectivity index (χ3n) is 2.97. The number of hydrogen-bond acceptors (Lipinski definition) is 4. The average molecular weight is 336 g/mol. The van der Waals surface area contributed by atoms with Crippen LogP contribution in [0.4, 0.5) is 10.1 Å². The molecule has 0 fully saturated rings. The van der Waals surface area contributed by atoms with Crippen LogP contribution >= 0.6 is 11.6 Å². The molecule has 1 N–H and O–H groups in total. The number of nitrogens with one attached hydrogen (secondary N) is 1. The van der Waals surface area contributed by atoms with Crippen LogP contribution in [-0.4, -0.2) is 16.5 Å². The Morgan fingerprint density at radius 1 is 1.30 bits per heavy atom. The molecule has 0 aliphatic rings. The Bertz CT molecular complexity index is 808. The minimum absolute atomic E-state index is 0.0981. The number of carbonyl (C=O) groups is 1. The number of hydrogen-bond donors (Lipinski definition) is 1. The van der Waals surface area contributed by atoms with E-state index in [1.165, 1.54) is 30.3 Å². The highest BCUT2D eigenvalue weighted by atomic mass is 35.5. The number of carbonyl (C=O) groups excluding carboxylic acids is 1. The Hall–Kier alpha value is -2.80. The molecule has 0 aliphatic heterocycles. The van der Waals surface area contributed by atoms with Crippen molar-refractivity contribution in [3.8, 4) is 0 Å². The van der Waals surface area contributed by atoms with E-state index in [1.54, 1.807) is 6.92 Å². The Balaban J connectivity index is 2.17. The Kier molecular flexibility index (Phi) is 5.02. The molecule has 118 valence electrons. The van der Waals surface area contributed by atoms with Gasteiger partial charge in [0.2, 0.25) is 0 Å². The molecule has 0 saturated heterocycles. The van der Waals surface area contributed by atoms with Crippen LogP contribution in [0.5, 0.6) is 0 Å². The highest BCUT2D eigenvalue weighted by Gasteiger charge is 2.11. The first-order valence-corrected chi connectivity index (χ1v) is 6.81. The first-order valence-electron chi connectivity index (χ1n) is 6.43. The smallest absolute Gasteiger partial charge is 0.267 e. The van der Waals surface area contributed by atoms with Gasteiger partial charge >= 0.3 is 0 Å².